The van der Waals surface area contributed by atoms with Gasteiger partial charge in [0.15, 0.2) is 0 Å². The second-order valence-corrected chi connectivity index (χ2v) is 5.84. The van der Waals surface area contributed by atoms with Gasteiger partial charge in [0.1, 0.15) is 5.54 Å². The maximum absolute atomic E-state index is 11.6. The second-order valence-electron chi connectivity index (χ2n) is 5.84. The van der Waals surface area contributed by atoms with E-state index in [-0.39, 0.29) is 5.97 Å². The minimum Gasteiger partial charge on any atom is -0.468 e. The Balaban J connectivity index is 2.33. The van der Waals surface area contributed by atoms with E-state index in [4.69, 9.17) is 9.84 Å². The molecule has 0 aromatic heterocycles. The number of aliphatic hydroxyl groups is 1. The first-order valence-electron chi connectivity index (χ1n) is 6.96. The molecule has 1 saturated carbocycles. The maximum atomic E-state index is 11.6. The molecular formula is C14H27NO3. The van der Waals surface area contributed by atoms with Gasteiger partial charge in [-0.2, -0.15) is 0 Å². The molecule has 0 aliphatic heterocycles. The van der Waals surface area contributed by atoms with Gasteiger partial charge in [0.05, 0.1) is 7.11 Å². The molecule has 0 amide bonds. The van der Waals surface area contributed by atoms with Crippen molar-refractivity contribution in [3.05, 3.63) is 0 Å². The number of aliphatic hydroxyl groups excluding tert-OH is 1. The van der Waals surface area contributed by atoms with Gasteiger partial charge < -0.3 is 9.84 Å². The van der Waals surface area contributed by atoms with Crippen LogP contribution in [0.4, 0.5) is 0 Å². The first-order valence-corrected chi connectivity index (χ1v) is 6.96. The summed E-state index contributed by atoms with van der Waals surface area (Å²) in [5, 5.41) is 12.2. The number of carbonyl (C=O) groups excluding carboxylic acids is 1. The van der Waals surface area contributed by atoms with Crippen LogP contribution in [-0.4, -0.2) is 36.4 Å². The summed E-state index contributed by atoms with van der Waals surface area (Å²) >= 11 is 0. The van der Waals surface area contributed by atoms with Crippen LogP contribution >= 0.6 is 0 Å². The lowest BCUT2D eigenvalue weighted by atomic mass is 9.82. The summed E-state index contributed by atoms with van der Waals surface area (Å²) in [5.74, 6) is 0.543. The molecule has 2 N–H and O–H groups in total. The number of rotatable bonds is 6. The standard InChI is InChI=1S/C14H27NO3/c1-14(2,13(17)18-3)15-12-8-6-11(7-9-12)5-4-10-16/h11-12,15-16H,4-10H2,1-3H3/t11-,12-. The largest absolute Gasteiger partial charge is 0.468 e. The summed E-state index contributed by atoms with van der Waals surface area (Å²) in [6.45, 7) is 4.04. The van der Waals surface area contributed by atoms with Crippen LogP contribution in [0.1, 0.15) is 52.4 Å². The minimum absolute atomic E-state index is 0.204. The quantitative estimate of drug-likeness (QED) is 0.713. The van der Waals surface area contributed by atoms with Crippen molar-refractivity contribution in [2.75, 3.05) is 13.7 Å². The zero-order valence-electron chi connectivity index (χ0n) is 11.9. The molecule has 0 heterocycles. The van der Waals surface area contributed by atoms with Gasteiger partial charge in [-0.05, 0) is 58.3 Å². The number of carbonyl (C=O) groups is 1. The van der Waals surface area contributed by atoms with Crippen molar-refractivity contribution < 1.29 is 14.6 Å². The molecule has 18 heavy (non-hydrogen) atoms. The Bertz CT molecular complexity index is 258. The van der Waals surface area contributed by atoms with Crippen molar-refractivity contribution in [1.29, 1.82) is 0 Å². The number of hydrogen-bond acceptors (Lipinski definition) is 4. The average Bonchev–Trinajstić information content (AvgIpc) is 2.36. The van der Waals surface area contributed by atoms with E-state index in [0.29, 0.717) is 12.6 Å². The Hall–Kier alpha value is -0.610. The van der Waals surface area contributed by atoms with E-state index >= 15 is 0 Å². The van der Waals surface area contributed by atoms with Crippen LogP contribution in [0.2, 0.25) is 0 Å². The summed E-state index contributed by atoms with van der Waals surface area (Å²) < 4.78 is 4.80. The number of nitrogens with one attached hydrogen (secondary N) is 1. The Kier molecular flexibility index (Phi) is 6.09. The lowest BCUT2D eigenvalue weighted by molar-refractivity contribution is -0.147. The smallest absolute Gasteiger partial charge is 0.325 e. The summed E-state index contributed by atoms with van der Waals surface area (Å²) in [4.78, 5) is 11.6. The molecular weight excluding hydrogens is 230 g/mol. The molecule has 4 nitrogen and oxygen atoms in total. The molecule has 0 bridgehead atoms. The van der Waals surface area contributed by atoms with Crippen LogP contribution in [0.5, 0.6) is 0 Å². The fourth-order valence-electron chi connectivity index (χ4n) is 2.80. The Morgan fingerprint density at radius 3 is 2.44 bits per heavy atom. The van der Waals surface area contributed by atoms with Crippen molar-refractivity contribution >= 4 is 5.97 Å². The van der Waals surface area contributed by atoms with E-state index < -0.39 is 5.54 Å². The summed E-state index contributed by atoms with van der Waals surface area (Å²) in [7, 11) is 1.43. The predicted octanol–water partition coefficient (Wildman–Crippen LogP) is 1.86. The van der Waals surface area contributed by atoms with Gasteiger partial charge in [0, 0.05) is 12.6 Å². The van der Waals surface area contributed by atoms with Crippen molar-refractivity contribution in [1.82, 2.24) is 5.32 Å². The van der Waals surface area contributed by atoms with Gasteiger partial charge >= 0.3 is 5.97 Å². The Labute approximate surface area is 110 Å². The Morgan fingerprint density at radius 1 is 1.33 bits per heavy atom. The van der Waals surface area contributed by atoms with Crippen LogP contribution in [0.15, 0.2) is 0 Å². The highest BCUT2D eigenvalue weighted by Crippen LogP contribution is 2.28. The van der Waals surface area contributed by atoms with Gasteiger partial charge in [-0.1, -0.05) is 0 Å². The summed E-state index contributed by atoms with van der Waals surface area (Å²) in [6.07, 6.45) is 6.64. The van der Waals surface area contributed by atoms with Gasteiger partial charge in [0.25, 0.3) is 0 Å². The van der Waals surface area contributed by atoms with E-state index in [1.165, 1.54) is 20.0 Å². The van der Waals surface area contributed by atoms with Crippen LogP contribution < -0.4 is 5.32 Å². The maximum Gasteiger partial charge on any atom is 0.325 e. The van der Waals surface area contributed by atoms with Gasteiger partial charge in [0.2, 0.25) is 0 Å². The highest BCUT2D eigenvalue weighted by atomic mass is 16.5. The first-order chi connectivity index (χ1) is 8.49. The zero-order chi connectivity index (χ0) is 13.6. The molecule has 0 saturated heterocycles. The van der Waals surface area contributed by atoms with Crippen LogP contribution in [0, 0.1) is 5.92 Å². The highest BCUT2D eigenvalue weighted by molar-refractivity contribution is 5.79. The van der Waals surface area contributed by atoms with E-state index in [1.54, 1.807) is 0 Å². The molecule has 0 radical (unpaired) electrons. The normalized spacial score (nSPS) is 24.9. The van der Waals surface area contributed by atoms with Crippen LogP contribution in [-0.2, 0) is 9.53 Å². The van der Waals surface area contributed by atoms with Crippen molar-refractivity contribution in [2.45, 2.75) is 64.0 Å². The van der Waals surface area contributed by atoms with Crippen molar-refractivity contribution in [2.24, 2.45) is 5.92 Å². The lowest BCUT2D eigenvalue weighted by Crippen LogP contribution is -2.52. The SMILES string of the molecule is COC(=O)C(C)(C)N[C@H]1CC[C@H](CCCO)CC1. The number of hydrogen-bond donors (Lipinski definition) is 2. The van der Waals surface area contributed by atoms with E-state index in [1.807, 2.05) is 13.8 Å². The number of methoxy groups -OCH3 is 1. The summed E-state index contributed by atoms with van der Waals surface area (Å²) in [6, 6.07) is 0.407. The van der Waals surface area contributed by atoms with Crippen LogP contribution in [0.25, 0.3) is 0 Å². The van der Waals surface area contributed by atoms with Crippen LogP contribution in [0.3, 0.4) is 0 Å². The molecule has 0 unspecified atom stereocenters. The van der Waals surface area contributed by atoms with E-state index in [2.05, 4.69) is 5.32 Å². The van der Waals surface area contributed by atoms with Gasteiger partial charge in [-0.3, -0.25) is 10.1 Å². The number of esters is 1. The molecule has 1 aliphatic rings. The average molecular weight is 257 g/mol. The van der Waals surface area contributed by atoms with Gasteiger partial charge in [-0.15, -0.1) is 0 Å². The molecule has 1 aliphatic carbocycles. The molecule has 4 heteroatoms. The monoisotopic (exact) mass is 257 g/mol. The molecule has 0 aromatic carbocycles. The minimum atomic E-state index is -0.600. The third-order valence-corrected chi connectivity index (χ3v) is 3.88. The molecule has 1 fully saturated rings. The van der Waals surface area contributed by atoms with Crippen molar-refractivity contribution in [3.8, 4) is 0 Å². The van der Waals surface area contributed by atoms with Gasteiger partial charge in [-0.25, -0.2) is 0 Å². The van der Waals surface area contributed by atoms with E-state index in [9.17, 15) is 4.79 Å². The highest BCUT2D eigenvalue weighted by Gasteiger charge is 2.32. The molecule has 0 spiro atoms. The summed E-state index contributed by atoms with van der Waals surface area (Å²) in [5.41, 5.74) is -0.600. The second kappa shape index (κ2) is 7.10. The fraction of sp³-hybridized carbons (Fsp3) is 0.929. The zero-order valence-corrected chi connectivity index (χ0v) is 11.9. The predicted molar refractivity (Wildman–Crippen MR) is 71.3 cm³/mol. The molecule has 0 aromatic rings. The lowest BCUT2D eigenvalue weighted by Gasteiger charge is -2.34. The third kappa shape index (κ3) is 4.58. The third-order valence-electron chi connectivity index (χ3n) is 3.88. The number of ether oxygens (including phenoxy) is 1. The molecule has 0 atom stereocenters. The first kappa shape index (κ1) is 15.4. The molecule has 106 valence electrons. The Morgan fingerprint density at radius 2 is 1.94 bits per heavy atom. The fourth-order valence-corrected chi connectivity index (χ4v) is 2.80. The topological polar surface area (TPSA) is 58.6 Å². The van der Waals surface area contributed by atoms with Crippen molar-refractivity contribution in [3.63, 3.8) is 0 Å². The molecule has 1 rings (SSSR count). The van der Waals surface area contributed by atoms with E-state index in [0.717, 1.165) is 31.6 Å².